The zero-order chi connectivity index (χ0) is 26.2. The molecule has 0 aliphatic rings. The van der Waals surface area contributed by atoms with E-state index in [-0.39, 0.29) is 62.5 Å². The van der Waals surface area contributed by atoms with Crippen molar-refractivity contribution < 1.29 is 10.2 Å². The number of benzene rings is 1. The van der Waals surface area contributed by atoms with Crippen LogP contribution < -0.4 is 11.1 Å². The number of aromatic hydroxyl groups is 2. The van der Waals surface area contributed by atoms with Gasteiger partial charge in [0.2, 0.25) is 11.8 Å². The fourth-order valence-electron chi connectivity index (χ4n) is 4.27. The third-order valence-corrected chi connectivity index (χ3v) is 7.54. The molecule has 0 unspecified atom stereocenters. The maximum atomic E-state index is 13.7. The fourth-order valence-corrected chi connectivity index (χ4v) is 5.74. The second-order valence-corrected chi connectivity index (χ2v) is 9.24. The molecule has 3 aromatic rings. The minimum atomic E-state index is -1.31. The van der Waals surface area contributed by atoms with Crippen molar-refractivity contribution in [1.82, 2.24) is 18.3 Å². The van der Waals surface area contributed by atoms with Crippen LogP contribution in [0.5, 0.6) is 11.8 Å². The van der Waals surface area contributed by atoms with E-state index in [0.29, 0.717) is 0 Å². The highest BCUT2D eigenvalue weighted by Gasteiger charge is 2.35. The number of aromatic nitrogens is 4. The van der Waals surface area contributed by atoms with Gasteiger partial charge in [-0.2, -0.15) is 0 Å². The highest BCUT2D eigenvalue weighted by atomic mass is 35.5. The molecule has 3 rings (SSSR count). The van der Waals surface area contributed by atoms with Crippen molar-refractivity contribution in [1.29, 1.82) is 0 Å². The van der Waals surface area contributed by atoms with Crippen molar-refractivity contribution in [2.24, 2.45) is 0 Å². The normalized spacial score (nSPS) is 11.4. The van der Waals surface area contributed by atoms with E-state index in [9.17, 15) is 19.8 Å². The van der Waals surface area contributed by atoms with Crippen molar-refractivity contribution in [3.8, 4) is 11.8 Å². The summed E-state index contributed by atoms with van der Waals surface area (Å²) in [7, 11) is 0. The second kappa shape index (κ2) is 10.7. The Morgan fingerprint density at radius 2 is 1.06 bits per heavy atom. The van der Waals surface area contributed by atoms with Gasteiger partial charge in [0, 0.05) is 41.8 Å². The van der Waals surface area contributed by atoms with Crippen LogP contribution in [-0.4, -0.2) is 28.5 Å². The summed E-state index contributed by atoms with van der Waals surface area (Å²) >= 11 is 24.0. The van der Waals surface area contributed by atoms with E-state index < -0.39 is 28.8 Å². The van der Waals surface area contributed by atoms with Gasteiger partial charge in [0.25, 0.3) is 11.1 Å². The Morgan fingerprint density at radius 3 is 1.37 bits per heavy atom. The minimum absolute atomic E-state index is 0.130. The lowest BCUT2D eigenvalue weighted by atomic mass is 9.86. The highest BCUT2D eigenvalue weighted by Crippen LogP contribution is 2.43. The zero-order valence-electron chi connectivity index (χ0n) is 19.7. The molecule has 0 spiro atoms. The Morgan fingerprint density at radius 1 is 0.714 bits per heavy atom. The molecule has 0 saturated carbocycles. The molecule has 1 aromatic carbocycles. The molecule has 0 aliphatic carbocycles. The Balaban J connectivity index is 2.70. The molecule has 35 heavy (non-hydrogen) atoms. The van der Waals surface area contributed by atoms with E-state index in [0.717, 1.165) is 0 Å². The Hall–Kier alpha value is -2.40. The topological polar surface area (TPSA) is 94.3 Å². The molecule has 8 nitrogen and oxygen atoms in total. The first-order valence-corrected chi connectivity index (χ1v) is 12.7. The van der Waals surface area contributed by atoms with Crippen LogP contribution >= 0.6 is 47.6 Å². The van der Waals surface area contributed by atoms with Gasteiger partial charge in [-0.1, -0.05) is 29.3 Å². The molecule has 2 N–H and O–H groups in total. The Labute approximate surface area is 222 Å². The summed E-state index contributed by atoms with van der Waals surface area (Å²) in [6.45, 7) is 7.97. The number of halogens is 2. The Bertz CT molecular complexity index is 1430. The third kappa shape index (κ3) is 4.37. The van der Waals surface area contributed by atoms with Gasteiger partial charge >= 0.3 is 0 Å². The lowest BCUT2D eigenvalue weighted by Gasteiger charge is -2.26. The van der Waals surface area contributed by atoms with Crippen molar-refractivity contribution in [2.45, 2.75) is 59.8 Å². The highest BCUT2D eigenvalue weighted by molar-refractivity contribution is 7.71. The van der Waals surface area contributed by atoms with Gasteiger partial charge in [-0.15, -0.1) is 0 Å². The van der Waals surface area contributed by atoms with Crippen LogP contribution in [-0.2, 0) is 26.2 Å². The quantitative estimate of drug-likeness (QED) is 0.395. The molecule has 0 saturated heterocycles. The molecular weight excluding hydrogens is 531 g/mol. The van der Waals surface area contributed by atoms with E-state index in [4.69, 9.17) is 47.6 Å². The van der Waals surface area contributed by atoms with E-state index >= 15 is 0 Å². The number of hydrogen-bond acceptors (Lipinski definition) is 6. The maximum Gasteiger partial charge on any atom is 0.262 e. The first-order chi connectivity index (χ1) is 16.6. The van der Waals surface area contributed by atoms with E-state index in [1.807, 2.05) is 0 Å². The van der Waals surface area contributed by atoms with Crippen molar-refractivity contribution >= 4 is 47.6 Å². The van der Waals surface area contributed by atoms with Crippen molar-refractivity contribution in [3.63, 3.8) is 0 Å². The van der Waals surface area contributed by atoms with Gasteiger partial charge in [-0.05, 0) is 64.3 Å². The maximum absolute atomic E-state index is 13.7. The third-order valence-electron chi connectivity index (χ3n) is 6.00. The van der Waals surface area contributed by atoms with Gasteiger partial charge in [0.05, 0.1) is 17.0 Å². The molecule has 2 heterocycles. The van der Waals surface area contributed by atoms with Crippen molar-refractivity contribution in [2.75, 3.05) is 0 Å². The first-order valence-electron chi connectivity index (χ1n) is 11.1. The first kappa shape index (κ1) is 27.2. The molecular formula is C23H26Cl2N4O4S2. The molecule has 12 heteroatoms. The molecule has 0 amide bonds. The number of nitrogens with zero attached hydrogens (tertiary/aromatic N) is 4. The molecule has 188 valence electrons. The standard InChI is InChI=1S/C23H26Cl2N4O4S2/c1-5-26-18(30)16(19(31)27(6-2)22(26)34)15(14-12(24)10-9-11-13(14)25)17-20(32)28(7-3)23(35)29(8-4)21(17)33/h9-11,15,30,32H,5-8H2,1-4H3. The lowest BCUT2D eigenvalue weighted by molar-refractivity contribution is 0.380. The molecule has 2 aromatic heterocycles. The van der Waals surface area contributed by atoms with Crippen LogP contribution in [0.4, 0.5) is 0 Å². The van der Waals surface area contributed by atoms with Gasteiger partial charge in [0.15, 0.2) is 9.54 Å². The van der Waals surface area contributed by atoms with Crippen LogP contribution in [0.3, 0.4) is 0 Å². The smallest absolute Gasteiger partial charge is 0.262 e. The second-order valence-electron chi connectivity index (χ2n) is 7.70. The summed E-state index contributed by atoms with van der Waals surface area (Å²) in [5.74, 6) is -2.17. The summed E-state index contributed by atoms with van der Waals surface area (Å²) in [5.41, 5.74) is -1.39. The summed E-state index contributed by atoms with van der Waals surface area (Å²) in [5, 5.41) is 22.9. The molecule has 0 bridgehead atoms. The average molecular weight is 558 g/mol. The molecule has 0 radical (unpaired) electrons. The monoisotopic (exact) mass is 556 g/mol. The molecule has 0 atom stereocenters. The van der Waals surface area contributed by atoms with Crippen LogP contribution in [0.15, 0.2) is 27.8 Å². The molecule has 0 fully saturated rings. The molecule has 0 aliphatic heterocycles. The lowest BCUT2D eigenvalue weighted by Crippen LogP contribution is -2.35. The van der Waals surface area contributed by atoms with Crippen LogP contribution in [0, 0.1) is 9.54 Å². The zero-order valence-corrected chi connectivity index (χ0v) is 22.9. The van der Waals surface area contributed by atoms with Gasteiger partial charge in [-0.3, -0.25) is 27.9 Å². The van der Waals surface area contributed by atoms with E-state index in [1.54, 1.807) is 45.9 Å². The minimum Gasteiger partial charge on any atom is -0.494 e. The van der Waals surface area contributed by atoms with E-state index in [1.165, 1.54) is 18.3 Å². The fraction of sp³-hybridized carbons (Fsp3) is 0.391. The van der Waals surface area contributed by atoms with Crippen LogP contribution in [0.25, 0.3) is 0 Å². The SMILES string of the molecule is CCn1c(O)c(C(c2c(Cl)cccc2Cl)c2c(O)n(CC)c(=S)n(CC)c2=O)c(=O)n(CC)c1=S. The van der Waals surface area contributed by atoms with Crippen molar-refractivity contribution in [3.05, 3.63) is 75.2 Å². The predicted octanol–water partition coefficient (Wildman–Crippen LogP) is 5.05. The summed E-state index contributed by atoms with van der Waals surface area (Å²) in [6.07, 6.45) is 0. The van der Waals surface area contributed by atoms with Gasteiger partial charge in [0.1, 0.15) is 0 Å². The summed E-state index contributed by atoms with van der Waals surface area (Å²) < 4.78 is 5.66. The van der Waals surface area contributed by atoms with Crippen LogP contribution in [0.2, 0.25) is 10.0 Å². The largest absolute Gasteiger partial charge is 0.494 e. The van der Waals surface area contributed by atoms with E-state index in [2.05, 4.69) is 0 Å². The number of rotatable bonds is 7. The van der Waals surface area contributed by atoms with Gasteiger partial charge < -0.3 is 10.2 Å². The summed E-state index contributed by atoms with van der Waals surface area (Å²) in [4.78, 5) is 27.5. The average Bonchev–Trinajstić information content (AvgIpc) is 2.79. The van der Waals surface area contributed by atoms with Crippen LogP contribution in [0.1, 0.15) is 50.3 Å². The number of hydrogen-bond donors (Lipinski definition) is 2. The Kier molecular flexibility index (Phi) is 8.31. The van der Waals surface area contributed by atoms with Gasteiger partial charge in [-0.25, -0.2) is 0 Å². The predicted molar refractivity (Wildman–Crippen MR) is 142 cm³/mol. The summed E-state index contributed by atoms with van der Waals surface area (Å²) in [6, 6.07) is 4.74.